The zero-order valence-electron chi connectivity index (χ0n) is 16.5. The Kier molecular flexibility index (Phi) is 9.84. The second-order valence-corrected chi connectivity index (χ2v) is 6.87. The third-order valence-corrected chi connectivity index (χ3v) is 4.69. The smallest absolute Gasteiger partial charge is 0.223 e. The first-order valence-electron chi connectivity index (χ1n) is 10.1. The molecule has 0 atom stereocenters. The Morgan fingerprint density at radius 3 is 2.22 bits per heavy atom. The van der Waals surface area contributed by atoms with Crippen molar-refractivity contribution in [3.8, 4) is 0 Å². The van der Waals surface area contributed by atoms with Gasteiger partial charge in [0, 0.05) is 18.9 Å². The second kappa shape index (κ2) is 12.4. The van der Waals surface area contributed by atoms with Gasteiger partial charge >= 0.3 is 0 Å². The van der Waals surface area contributed by atoms with E-state index in [9.17, 15) is 4.79 Å². The van der Waals surface area contributed by atoms with E-state index in [0.29, 0.717) is 0 Å². The molecule has 0 saturated heterocycles. The molecule has 0 saturated carbocycles. The first-order valence-corrected chi connectivity index (χ1v) is 10.1. The number of nitrogens with zero attached hydrogens (tertiary/aromatic N) is 1. The summed E-state index contributed by atoms with van der Waals surface area (Å²) in [6.07, 6.45) is 4.32. The normalized spacial score (nSPS) is 11.0. The van der Waals surface area contributed by atoms with E-state index in [0.717, 1.165) is 69.6 Å². The van der Waals surface area contributed by atoms with Crippen molar-refractivity contribution in [2.75, 3.05) is 44.2 Å². The summed E-state index contributed by atoms with van der Waals surface area (Å²) in [5, 5.41) is 9.18. The highest BCUT2D eigenvalue weighted by Crippen LogP contribution is 2.26. The van der Waals surface area contributed by atoms with Crippen molar-refractivity contribution in [3.63, 3.8) is 0 Å². The summed E-state index contributed by atoms with van der Waals surface area (Å²) in [6.45, 7) is 7.15. The van der Waals surface area contributed by atoms with Gasteiger partial charge in [-0.25, -0.2) is 0 Å². The molecule has 148 valence electrons. The van der Waals surface area contributed by atoms with Crippen LogP contribution in [0.5, 0.6) is 0 Å². The average Bonchev–Trinajstić information content (AvgIpc) is 2.68. The predicted molar refractivity (Wildman–Crippen MR) is 115 cm³/mol. The molecule has 2 rings (SSSR count). The molecule has 4 N–H and O–H groups in total. The highest BCUT2D eigenvalue weighted by Gasteiger charge is 2.13. The SMILES string of the molecule is CC(=O)N(CCCNCCCCNCCCN)c1cccc2ccccc12. The van der Waals surface area contributed by atoms with Crippen LogP contribution in [0.15, 0.2) is 42.5 Å². The number of fused-ring (bicyclic) bond motifs is 1. The van der Waals surface area contributed by atoms with Crippen molar-refractivity contribution in [1.29, 1.82) is 0 Å². The average molecular weight is 371 g/mol. The molecule has 0 aliphatic rings. The largest absolute Gasteiger partial charge is 0.330 e. The Balaban J connectivity index is 1.71. The Labute approximate surface area is 163 Å². The van der Waals surface area contributed by atoms with E-state index in [1.807, 2.05) is 29.2 Å². The van der Waals surface area contributed by atoms with Gasteiger partial charge in [0.1, 0.15) is 0 Å². The number of unbranched alkanes of at least 4 members (excludes halogenated alkanes) is 1. The van der Waals surface area contributed by atoms with Gasteiger partial charge in [-0.05, 0) is 69.9 Å². The highest BCUT2D eigenvalue weighted by molar-refractivity contribution is 6.02. The van der Waals surface area contributed by atoms with Crippen molar-refractivity contribution >= 4 is 22.4 Å². The molecule has 0 radical (unpaired) electrons. The molecule has 0 fully saturated rings. The molecule has 0 bridgehead atoms. The minimum atomic E-state index is 0.0925. The number of carbonyl (C=O) groups is 1. The second-order valence-electron chi connectivity index (χ2n) is 6.87. The van der Waals surface area contributed by atoms with Gasteiger partial charge < -0.3 is 21.3 Å². The van der Waals surface area contributed by atoms with Crippen LogP contribution in [0.4, 0.5) is 5.69 Å². The molecule has 0 unspecified atom stereocenters. The quantitative estimate of drug-likeness (QED) is 0.474. The van der Waals surface area contributed by atoms with Gasteiger partial charge in [0.2, 0.25) is 5.91 Å². The van der Waals surface area contributed by atoms with E-state index in [2.05, 4.69) is 28.8 Å². The Bertz CT molecular complexity index is 684. The fourth-order valence-electron chi connectivity index (χ4n) is 3.23. The molecule has 0 spiro atoms. The van der Waals surface area contributed by atoms with Gasteiger partial charge in [-0.2, -0.15) is 0 Å². The van der Waals surface area contributed by atoms with Crippen molar-refractivity contribution < 1.29 is 4.79 Å². The van der Waals surface area contributed by atoms with Crippen LogP contribution >= 0.6 is 0 Å². The Hall–Kier alpha value is -1.95. The summed E-state index contributed by atoms with van der Waals surface area (Å²) in [4.78, 5) is 14.1. The predicted octanol–water partition coefficient (Wildman–Crippen LogP) is 2.89. The van der Waals surface area contributed by atoms with E-state index in [1.54, 1.807) is 6.92 Å². The molecular weight excluding hydrogens is 336 g/mol. The monoisotopic (exact) mass is 370 g/mol. The van der Waals surface area contributed by atoms with Crippen LogP contribution in [0.25, 0.3) is 10.8 Å². The summed E-state index contributed by atoms with van der Waals surface area (Å²) >= 11 is 0. The van der Waals surface area contributed by atoms with E-state index < -0.39 is 0 Å². The number of hydrogen-bond acceptors (Lipinski definition) is 4. The Morgan fingerprint density at radius 2 is 1.52 bits per heavy atom. The molecular formula is C22H34N4O. The Morgan fingerprint density at radius 1 is 0.889 bits per heavy atom. The number of carbonyl (C=O) groups excluding carboxylic acids is 1. The third-order valence-electron chi connectivity index (χ3n) is 4.69. The molecule has 5 heteroatoms. The molecule has 5 nitrogen and oxygen atoms in total. The van der Waals surface area contributed by atoms with Crippen LogP contribution in [0, 0.1) is 0 Å². The van der Waals surface area contributed by atoms with Gasteiger partial charge in [-0.1, -0.05) is 36.4 Å². The van der Waals surface area contributed by atoms with Gasteiger partial charge in [0.25, 0.3) is 0 Å². The molecule has 2 aromatic carbocycles. The van der Waals surface area contributed by atoms with Gasteiger partial charge in [0.05, 0.1) is 5.69 Å². The molecule has 0 aliphatic carbocycles. The van der Waals surface area contributed by atoms with E-state index in [1.165, 1.54) is 11.8 Å². The summed E-state index contributed by atoms with van der Waals surface area (Å²) in [5.74, 6) is 0.0925. The van der Waals surface area contributed by atoms with E-state index >= 15 is 0 Å². The van der Waals surface area contributed by atoms with E-state index in [4.69, 9.17) is 5.73 Å². The molecule has 27 heavy (non-hydrogen) atoms. The number of nitrogens with one attached hydrogen (secondary N) is 2. The van der Waals surface area contributed by atoms with Gasteiger partial charge in [-0.3, -0.25) is 4.79 Å². The lowest BCUT2D eigenvalue weighted by molar-refractivity contribution is -0.116. The maximum atomic E-state index is 12.2. The van der Waals surface area contributed by atoms with Crippen LogP contribution in [0.3, 0.4) is 0 Å². The molecule has 2 aromatic rings. The maximum Gasteiger partial charge on any atom is 0.223 e. The summed E-state index contributed by atoms with van der Waals surface area (Å²) in [7, 11) is 0. The number of rotatable bonds is 13. The van der Waals surface area contributed by atoms with Crippen LogP contribution in [0.2, 0.25) is 0 Å². The van der Waals surface area contributed by atoms with Gasteiger partial charge in [0.15, 0.2) is 0 Å². The third kappa shape index (κ3) is 7.29. The molecule has 0 aromatic heterocycles. The molecule has 0 aliphatic heterocycles. The van der Waals surface area contributed by atoms with Crippen molar-refractivity contribution in [2.24, 2.45) is 5.73 Å². The number of amides is 1. The lowest BCUT2D eigenvalue weighted by atomic mass is 10.1. The van der Waals surface area contributed by atoms with Crippen molar-refractivity contribution in [1.82, 2.24) is 10.6 Å². The van der Waals surface area contributed by atoms with Crippen molar-refractivity contribution in [3.05, 3.63) is 42.5 Å². The maximum absolute atomic E-state index is 12.2. The van der Waals surface area contributed by atoms with Crippen LogP contribution in [0.1, 0.15) is 32.6 Å². The number of nitrogens with two attached hydrogens (primary N) is 1. The highest BCUT2D eigenvalue weighted by atomic mass is 16.2. The van der Waals surface area contributed by atoms with Crippen LogP contribution in [-0.4, -0.2) is 45.2 Å². The minimum Gasteiger partial charge on any atom is -0.330 e. The number of anilines is 1. The first kappa shape index (κ1) is 21.4. The van der Waals surface area contributed by atoms with Crippen molar-refractivity contribution in [2.45, 2.75) is 32.6 Å². The lowest BCUT2D eigenvalue weighted by Gasteiger charge is -2.23. The number of benzene rings is 2. The van der Waals surface area contributed by atoms with Crippen LogP contribution in [-0.2, 0) is 4.79 Å². The fraction of sp³-hybridized carbons (Fsp3) is 0.500. The molecule has 0 heterocycles. The molecule has 1 amide bonds. The number of hydrogen-bond donors (Lipinski definition) is 3. The minimum absolute atomic E-state index is 0.0925. The standard InChI is InChI=1S/C22H34N4O/c1-19(27)26(22-12-6-10-20-9-2-3-11-21(20)22)18-8-17-25-15-5-4-14-24-16-7-13-23/h2-3,6,9-12,24-25H,4-5,7-8,13-18,23H2,1H3. The topological polar surface area (TPSA) is 70.4 Å². The summed E-state index contributed by atoms with van der Waals surface area (Å²) < 4.78 is 0. The van der Waals surface area contributed by atoms with E-state index in [-0.39, 0.29) is 5.91 Å². The lowest BCUT2D eigenvalue weighted by Crippen LogP contribution is -2.32. The van der Waals surface area contributed by atoms with Crippen LogP contribution < -0.4 is 21.3 Å². The zero-order chi connectivity index (χ0) is 19.3. The summed E-state index contributed by atoms with van der Waals surface area (Å²) in [6, 6.07) is 14.4. The first-order chi connectivity index (χ1) is 13.2. The fourth-order valence-corrected chi connectivity index (χ4v) is 3.23. The zero-order valence-corrected chi connectivity index (χ0v) is 16.5. The summed E-state index contributed by atoms with van der Waals surface area (Å²) in [5.41, 5.74) is 6.47. The van der Waals surface area contributed by atoms with Gasteiger partial charge in [-0.15, -0.1) is 0 Å².